The Hall–Kier alpha value is -2.66. The molecule has 0 bridgehead atoms. The lowest BCUT2D eigenvalue weighted by molar-refractivity contribution is -0.195. The van der Waals surface area contributed by atoms with Crippen LogP contribution in [0, 0.1) is 12.3 Å². The van der Waals surface area contributed by atoms with Gasteiger partial charge in [0.2, 0.25) is 0 Å². The minimum atomic E-state index is -2.05. The van der Waals surface area contributed by atoms with Gasteiger partial charge in [0.1, 0.15) is 0 Å². The van der Waals surface area contributed by atoms with Gasteiger partial charge in [-0.05, 0) is 11.6 Å². The first-order valence-corrected chi connectivity index (χ1v) is 6.80. The van der Waals surface area contributed by atoms with Gasteiger partial charge >= 0.3 is 11.9 Å². The molecule has 1 fully saturated rings. The number of hydrogen-bond acceptors (Lipinski definition) is 7. The summed E-state index contributed by atoms with van der Waals surface area (Å²) in [5.74, 6) is 0.00573. The smallest absolute Gasteiger partial charge is 0.343 e. The molecule has 7 heteroatoms. The summed E-state index contributed by atoms with van der Waals surface area (Å²) in [6, 6.07) is 6.89. The van der Waals surface area contributed by atoms with Crippen LogP contribution in [0.5, 0.6) is 0 Å². The molecule has 0 spiro atoms. The van der Waals surface area contributed by atoms with Crippen molar-refractivity contribution in [2.45, 2.75) is 17.9 Å². The molecule has 3 rings (SSSR count). The van der Waals surface area contributed by atoms with Crippen LogP contribution in [0.2, 0.25) is 0 Å². The van der Waals surface area contributed by atoms with Crippen molar-refractivity contribution < 1.29 is 29.3 Å². The van der Waals surface area contributed by atoms with Gasteiger partial charge in [-0.15, -0.1) is 6.42 Å². The normalized spacial score (nSPS) is 29.2. The topological polar surface area (TPSA) is 105 Å². The first kappa shape index (κ1) is 15.2. The predicted molar refractivity (Wildman–Crippen MR) is 77.1 cm³/mol. The highest BCUT2D eigenvalue weighted by Gasteiger charge is 2.52. The molecule has 0 radical (unpaired) electrons. The maximum Gasteiger partial charge on any atom is 0.343 e. The van der Waals surface area contributed by atoms with E-state index >= 15 is 0 Å². The number of rotatable bonds is 2. The van der Waals surface area contributed by atoms with Gasteiger partial charge in [0.15, 0.2) is 18.0 Å². The van der Waals surface area contributed by atoms with Gasteiger partial charge in [-0.3, -0.25) is 5.32 Å². The number of benzene rings is 1. The molecular formula is C16H13NO6. The second-order valence-corrected chi connectivity index (χ2v) is 5.07. The lowest BCUT2D eigenvalue weighted by Crippen LogP contribution is -2.54. The zero-order chi connectivity index (χ0) is 16.6. The number of aliphatic hydroxyl groups is 2. The van der Waals surface area contributed by atoms with Crippen LogP contribution in [0.25, 0.3) is 6.08 Å². The van der Waals surface area contributed by atoms with E-state index in [1.54, 1.807) is 24.3 Å². The average Bonchev–Trinajstić information content (AvgIpc) is 2.84. The second kappa shape index (κ2) is 5.52. The Morgan fingerprint density at radius 1 is 1.22 bits per heavy atom. The fraction of sp³-hybridized carbons (Fsp3) is 0.250. The molecule has 0 amide bonds. The number of nitrogens with one attached hydrogen (secondary N) is 1. The summed E-state index contributed by atoms with van der Waals surface area (Å²) in [5, 5.41) is 22.2. The molecule has 3 N–H and O–H groups in total. The van der Waals surface area contributed by atoms with Crippen molar-refractivity contribution in [3.63, 3.8) is 0 Å². The molecule has 3 unspecified atom stereocenters. The highest BCUT2D eigenvalue weighted by molar-refractivity contribution is 5.88. The van der Waals surface area contributed by atoms with Gasteiger partial charge in [-0.2, -0.15) is 0 Å². The van der Waals surface area contributed by atoms with Gasteiger partial charge in [0.05, 0.1) is 6.54 Å². The van der Waals surface area contributed by atoms with Gasteiger partial charge in [0, 0.05) is 5.56 Å². The van der Waals surface area contributed by atoms with Crippen LogP contribution in [-0.4, -0.2) is 40.9 Å². The van der Waals surface area contributed by atoms with Crippen LogP contribution in [0.3, 0.4) is 0 Å². The average molecular weight is 315 g/mol. The van der Waals surface area contributed by atoms with E-state index in [9.17, 15) is 19.8 Å². The summed E-state index contributed by atoms with van der Waals surface area (Å²) in [4.78, 5) is 24.0. The number of carbonyl (C=O) groups is 2. The van der Waals surface area contributed by atoms with Crippen molar-refractivity contribution in [1.82, 2.24) is 5.32 Å². The predicted octanol–water partition coefficient (Wildman–Crippen LogP) is -0.761. The standard InChI is InChI=1S/C16H13NO6/c1-2-7-17-16-10-6-4-3-5-9(10)8-11(16)22-14(20)12(18)13(19)15(21)23-16/h1,3-6,8,12-13,17-19H,7H2. The molecule has 0 aromatic heterocycles. The Morgan fingerprint density at radius 3 is 2.65 bits per heavy atom. The molecule has 1 aromatic carbocycles. The number of esters is 2. The van der Waals surface area contributed by atoms with Crippen LogP contribution >= 0.6 is 0 Å². The molecule has 1 aliphatic heterocycles. The molecule has 1 aliphatic carbocycles. The zero-order valence-electron chi connectivity index (χ0n) is 11.9. The molecular weight excluding hydrogens is 302 g/mol. The zero-order valence-corrected chi connectivity index (χ0v) is 11.9. The van der Waals surface area contributed by atoms with Crippen molar-refractivity contribution in [2.75, 3.05) is 6.54 Å². The van der Waals surface area contributed by atoms with E-state index in [2.05, 4.69) is 11.2 Å². The van der Waals surface area contributed by atoms with E-state index in [1.165, 1.54) is 6.08 Å². The third kappa shape index (κ3) is 2.29. The number of ether oxygens (including phenoxy) is 2. The van der Waals surface area contributed by atoms with Crippen LogP contribution < -0.4 is 5.32 Å². The first-order valence-electron chi connectivity index (χ1n) is 6.80. The summed E-state index contributed by atoms with van der Waals surface area (Å²) >= 11 is 0. The van der Waals surface area contributed by atoms with E-state index in [4.69, 9.17) is 15.9 Å². The van der Waals surface area contributed by atoms with Crippen LogP contribution in [-0.2, 0) is 24.8 Å². The Kier molecular flexibility index (Phi) is 3.66. The lowest BCUT2D eigenvalue weighted by atomic mass is 10.0. The fourth-order valence-corrected chi connectivity index (χ4v) is 2.56. The van der Waals surface area contributed by atoms with Crippen molar-refractivity contribution >= 4 is 18.0 Å². The molecule has 1 saturated heterocycles. The number of hydrogen-bond donors (Lipinski definition) is 3. The van der Waals surface area contributed by atoms with Gasteiger partial charge in [-0.1, -0.05) is 30.2 Å². The summed E-state index contributed by atoms with van der Waals surface area (Å²) in [7, 11) is 0. The number of carbonyl (C=O) groups excluding carboxylic acids is 2. The summed E-state index contributed by atoms with van der Waals surface area (Å²) in [5.41, 5.74) is -0.468. The maximum absolute atomic E-state index is 12.1. The fourth-order valence-electron chi connectivity index (χ4n) is 2.56. The number of aliphatic hydroxyl groups excluding tert-OH is 2. The van der Waals surface area contributed by atoms with Crippen LogP contribution in [0.4, 0.5) is 0 Å². The van der Waals surface area contributed by atoms with E-state index in [-0.39, 0.29) is 12.3 Å². The first-order chi connectivity index (χ1) is 11.0. The highest BCUT2D eigenvalue weighted by atomic mass is 16.6. The molecule has 1 aromatic rings. The lowest BCUT2D eigenvalue weighted by Gasteiger charge is -2.35. The summed E-state index contributed by atoms with van der Waals surface area (Å²) in [6.45, 7) is 0.00908. The molecule has 118 valence electrons. The molecule has 0 saturated carbocycles. The Labute approximate surface area is 131 Å². The maximum atomic E-state index is 12.1. The van der Waals surface area contributed by atoms with E-state index in [0.717, 1.165) is 0 Å². The molecule has 23 heavy (non-hydrogen) atoms. The second-order valence-electron chi connectivity index (χ2n) is 5.07. The van der Waals surface area contributed by atoms with Crippen LogP contribution in [0.15, 0.2) is 30.0 Å². The molecule has 7 nitrogen and oxygen atoms in total. The quantitative estimate of drug-likeness (QED) is 0.486. The minimum Gasteiger partial charge on any atom is -0.430 e. The summed E-state index contributed by atoms with van der Waals surface area (Å²) < 4.78 is 10.5. The number of terminal acetylenes is 1. The van der Waals surface area contributed by atoms with Gasteiger partial charge < -0.3 is 19.7 Å². The molecule has 3 atom stereocenters. The molecule has 1 heterocycles. The monoisotopic (exact) mass is 315 g/mol. The van der Waals surface area contributed by atoms with E-state index in [0.29, 0.717) is 11.1 Å². The largest absolute Gasteiger partial charge is 0.430 e. The summed E-state index contributed by atoms with van der Waals surface area (Å²) in [6.07, 6.45) is 2.68. The van der Waals surface area contributed by atoms with Gasteiger partial charge in [0.25, 0.3) is 5.72 Å². The van der Waals surface area contributed by atoms with Crippen molar-refractivity contribution in [1.29, 1.82) is 0 Å². The third-order valence-electron chi connectivity index (χ3n) is 3.66. The van der Waals surface area contributed by atoms with Crippen molar-refractivity contribution in [3.05, 3.63) is 41.2 Å². The third-order valence-corrected chi connectivity index (χ3v) is 3.66. The van der Waals surface area contributed by atoms with E-state index < -0.39 is 29.9 Å². The Morgan fingerprint density at radius 2 is 1.91 bits per heavy atom. The van der Waals surface area contributed by atoms with Crippen molar-refractivity contribution in [2.24, 2.45) is 0 Å². The minimum absolute atomic E-state index is 0.00908. The Bertz CT molecular complexity index is 749. The van der Waals surface area contributed by atoms with Crippen LogP contribution in [0.1, 0.15) is 11.1 Å². The Balaban J connectivity index is 2.14. The van der Waals surface area contributed by atoms with Gasteiger partial charge in [-0.25, -0.2) is 9.59 Å². The number of fused-ring (bicyclic) bond motifs is 3. The molecule has 2 aliphatic rings. The SMILES string of the molecule is C#CCNC12OC(=O)C(O)C(O)C(=O)OC1=Cc1ccccc12. The van der Waals surface area contributed by atoms with E-state index in [1.807, 2.05) is 0 Å². The highest BCUT2D eigenvalue weighted by Crippen LogP contribution is 2.42. The van der Waals surface area contributed by atoms with Crippen molar-refractivity contribution in [3.8, 4) is 12.3 Å².